The molecule has 0 spiro atoms. The van der Waals surface area contributed by atoms with Crippen molar-refractivity contribution in [2.75, 3.05) is 12.4 Å². The first-order valence-electron chi connectivity index (χ1n) is 5.00. The van der Waals surface area contributed by atoms with Crippen molar-refractivity contribution in [3.05, 3.63) is 0 Å². The van der Waals surface area contributed by atoms with Gasteiger partial charge in [0.05, 0.1) is 5.75 Å². The Morgan fingerprint density at radius 2 is 2.13 bits per heavy atom. The average Bonchev–Trinajstić information content (AvgIpc) is 2.02. The van der Waals surface area contributed by atoms with Gasteiger partial charge in [0.2, 0.25) is 0 Å². The third-order valence-corrected chi connectivity index (χ3v) is 4.75. The van der Waals surface area contributed by atoms with Crippen molar-refractivity contribution in [1.29, 1.82) is 0 Å². The molecule has 4 nitrogen and oxygen atoms in total. The molecule has 1 rings (SSSR count). The van der Waals surface area contributed by atoms with Crippen LogP contribution in [0.4, 0.5) is 0 Å². The minimum absolute atomic E-state index is 0. The molecule has 1 fully saturated rings. The van der Waals surface area contributed by atoms with Gasteiger partial charge in [-0.2, -0.15) is 8.42 Å². The van der Waals surface area contributed by atoms with Crippen LogP contribution in [0.2, 0.25) is 0 Å². The van der Waals surface area contributed by atoms with E-state index in [1.807, 2.05) is 0 Å². The van der Waals surface area contributed by atoms with Crippen LogP contribution in [-0.2, 0) is 14.9 Å². The van der Waals surface area contributed by atoms with Gasteiger partial charge in [-0.15, -0.1) is 0 Å². The Morgan fingerprint density at radius 3 is 2.60 bits per heavy atom. The summed E-state index contributed by atoms with van der Waals surface area (Å²) in [4.78, 5) is 0. The normalized spacial score (nSPS) is 27.3. The SMILES string of the molecule is O=S(=O)(O)CCCC1([SiH3])CCCCO1.[H-].[Na+]. The van der Waals surface area contributed by atoms with Gasteiger partial charge in [0.15, 0.2) is 0 Å². The van der Waals surface area contributed by atoms with Gasteiger partial charge in [0.25, 0.3) is 10.1 Å². The van der Waals surface area contributed by atoms with Crippen molar-refractivity contribution >= 4 is 20.4 Å². The van der Waals surface area contributed by atoms with Crippen LogP contribution in [0.25, 0.3) is 0 Å². The first-order valence-corrected chi connectivity index (χ1v) is 7.61. The van der Waals surface area contributed by atoms with E-state index in [9.17, 15) is 8.42 Å². The largest absolute Gasteiger partial charge is 1.00 e. The summed E-state index contributed by atoms with van der Waals surface area (Å²) >= 11 is 0. The van der Waals surface area contributed by atoms with E-state index in [0.29, 0.717) is 6.42 Å². The third kappa shape index (κ3) is 7.09. The zero-order valence-corrected chi connectivity index (χ0v) is 14.3. The van der Waals surface area contributed by atoms with Crippen molar-refractivity contribution in [3.8, 4) is 0 Å². The molecule has 0 aromatic rings. The predicted octanol–water partition coefficient (Wildman–Crippen LogP) is -2.97. The first kappa shape index (κ1) is 16.1. The summed E-state index contributed by atoms with van der Waals surface area (Å²) in [5, 5.41) is -0.0388. The maximum absolute atomic E-state index is 10.5. The molecule has 1 saturated heterocycles. The Bertz CT molecular complexity index is 280. The molecule has 0 radical (unpaired) electrons. The molecule has 7 heteroatoms. The van der Waals surface area contributed by atoms with Crippen molar-refractivity contribution in [2.24, 2.45) is 0 Å². The van der Waals surface area contributed by atoms with Crippen LogP contribution in [0, 0.1) is 0 Å². The van der Waals surface area contributed by atoms with Crippen LogP contribution in [0.1, 0.15) is 33.5 Å². The molecule has 0 amide bonds. The van der Waals surface area contributed by atoms with Gasteiger partial charge in [-0.1, -0.05) is 0 Å². The summed E-state index contributed by atoms with van der Waals surface area (Å²) in [6.45, 7) is 0.801. The average molecular weight is 262 g/mol. The second-order valence-corrected chi connectivity index (χ2v) is 7.54. The fourth-order valence-corrected chi connectivity index (χ4v) is 3.24. The van der Waals surface area contributed by atoms with E-state index in [4.69, 9.17) is 9.29 Å². The maximum atomic E-state index is 10.5. The molecule has 1 aliphatic rings. The van der Waals surface area contributed by atoms with Crippen LogP contribution in [0.3, 0.4) is 0 Å². The second-order valence-electron chi connectivity index (χ2n) is 4.15. The van der Waals surface area contributed by atoms with E-state index in [1.165, 1.54) is 6.42 Å². The molecular formula is C8H19NaO4SSi. The summed E-state index contributed by atoms with van der Waals surface area (Å²) in [5.41, 5.74) is 0. The molecule has 1 unspecified atom stereocenters. The molecule has 86 valence electrons. The Labute approximate surface area is 118 Å². The van der Waals surface area contributed by atoms with Gasteiger partial charge >= 0.3 is 29.6 Å². The standard InChI is InChI=1S/C8H18O4SSi.Na.H/c9-13(10,11)7-3-5-8(14)4-1-2-6-12-8;;/h1-7H2,14H3,(H,9,10,11);;/q;+1;-1. The number of hydrogen-bond donors (Lipinski definition) is 1. The maximum Gasteiger partial charge on any atom is 1.00 e. The zero-order chi connectivity index (χ0) is 10.7. The first-order chi connectivity index (χ1) is 6.41. The summed E-state index contributed by atoms with van der Waals surface area (Å²) in [6, 6.07) is 0. The van der Waals surface area contributed by atoms with E-state index in [2.05, 4.69) is 0 Å². The predicted molar refractivity (Wildman–Crippen MR) is 59.2 cm³/mol. The number of hydrogen-bond acceptors (Lipinski definition) is 3. The van der Waals surface area contributed by atoms with Crippen molar-refractivity contribution in [3.63, 3.8) is 0 Å². The van der Waals surface area contributed by atoms with E-state index in [-0.39, 0.29) is 42.0 Å². The van der Waals surface area contributed by atoms with E-state index in [0.717, 1.165) is 36.1 Å². The minimum Gasteiger partial charge on any atom is -1.00 e. The van der Waals surface area contributed by atoms with Gasteiger partial charge in [0, 0.05) is 22.1 Å². The molecule has 0 bridgehead atoms. The molecule has 0 aromatic carbocycles. The monoisotopic (exact) mass is 262 g/mol. The Hall–Kier alpha value is 1.09. The van der Waals surface area contributed by atoms with Gasteiger partial charge < -0.3 is 6.16 Å². The number of ether oxygens (including phenoxy) is 1. The van der Waals surface area contributed by atoms with Crippen LogP contribution in [-0.4, -0.2) is 40.8 Å². The second kappa shape index (κ2) is 6.73. The summed E-state index contributed by atoms with van der Waals surface area (Å²) < 4.78 is 35.2. The Balaban J connectivity index is 0. The van der Waals surface area contributed by atoms with E-state index >= 15 is 0 Å². The van der Waals surface area contributed by atoms with Crippen LogP contribution >= 0.6 is 0 Å². The van der Waals surface area contributed by atoms with Crippen LogP contribution in [0.15, 0.2) is 0 Å². The molecule has 0 saturated carbocycles. The molecule has 1 N–H and O–H groups in total. The van der Waals surface area contributed by atoms with Crippen molar-refractivity contribution < 1.29 is 48.7 Å². The third-order valence-electron chi connectivity index (χ3n) is 2.66. The minimum atomic E-state index is -3.79. The summed E-state index contributed by atoms with van der Waals surface area (Å²) in [7, 11) is -2.86. The fourth-order valence-electron chi connectivity index (χ4n) is 1.82. The van der Waals surface area contributed by atoms with Gasteiger partial charge in [-0.25, -0.2) is 0 Å². The van der Waals surface area contributed by atoms with Gasteiger partial charge in [0.1, 0.15) is 0 Å². The van der Waals surface area contributed by atoms with E-state index < -0.39 is 10.1 Å². The number of rotatable bonds is 4. The summed E-state index contributed by atoms with van der Waals surface area (Å²) in [5.74, 6) is -0.139. The Kier molecular flexibility index (Phi) is 7.22. The molecule has 0 aliphatic carbocycles. The van der Waals surface area contributed by atoms with Crippen molar-refractivity contribution in [2.45, 2.75) is 37.3 Å². The molecule has 0 aromatic heterocycles. The Morgan fingerprint density at radius 1 is 1.47 bits per heavy atom. The zero-order valence-electron chi connectivity index (χ0n) is 10.5. The summed E-state index contributed by atoms with van der Waals surface area (Å²) in [6.07, 6.45) is 4.60. The van der Waals surface area contributed by atoms with Crippen LogP contribution in [0.5, 0.6) is 0 Å². The van der Waals surface area contributed by atoms with Gasteiger partial charge in [-0.3, -0.25) is 4.55 Å². The molecule has 1 aliphatic heterocycles. The van der Waals surface area contributed by atoms with Crippen molar-refractivity contribution in [1.82, 2.24) is 0 Å². The molecule has 1 atom stereocenters. The quantitative estimate of drug-likeness (QED) is 0.434. The molecule has 15 heavy (non-hydrogen) atoms. The fraction of sp³-hybridized carbons (Fsp3) is 1.00. The molecule has 1 heterocycles. The topological polar surface area (TPSA) is 63.6 Å². The molecular weight excluding hydrogens is 243 g/mol. The van der Waals surface area contributed by atoms with Crippen LogP contribution < -0.4 is 29.6 Å². The van der Waals surface area contributed by atoms with Gasteiger partial charge in [-0.05, 0) is 32.1 Å². The smallest absolute Gasteiger partial charge is 1.00 e. The van der Waals surface area contributed by atoms with E-state index in [1.54, 1.807) is 0 Å².